The van der Waals surface area contributed by atoms with Crippen LogP contribution in [0, 0.1) is 0 Å². The lowest BCUT2D eigenvalue weighted by atomic mass is 9.96. The molecule has 1 aliphatic rings. The maximum atomic E-state index is 11.6. The maximum absolute atomic E-state index is 11.6. The van der Waals surface area contributed by atoms with Gasteiger partial charge in [-0.15, -0.1) is 0 Å². The number of hydrogen-bond acceptors (Lipinski definition) is 4. The van der Waals surface area contributed by atoms with E-state index in [2.05, 4.69) is 42.0 Å². The number of amides is 1. The first-order valence-electron chi connectivity index (χ1n) is 8.67. The molecule has 0 atom stereocenters. The lowest BCUT2D eigenvalue weighted by Gasteiger charge is -2.32. The molecule has 25 heavy (non-hydrogen) atoms. The summed E-state index contributed by atoms with van der Waals surface area (Å²) in [6.45, 7) is 7.47. The van der Waals surface area contributed by atoms with Gasteiger partial charge in [0.15, 0.2) is 0 Å². The average Bonchev–Trinajstić information content (AvgIpc) is 2.97. The number of aromatic nitrogens is 2. The third kappa shape index (κ3) is 3.91. The molecule has 2 N–H and O–H groups in total. The first kappa shape index (κ1) is 17.6. The van der Waals surface area contributed by atoms with Crippen LogP contribution >= 0.6 is 0 Å². The molecule has 1 aliphatic heterocycles. The van der Waals surface area contributed by atoms with E-state index in [4.69, 9.17) is 10.5 Å². The lowest BCUT2D eigenvalue weighted by molar-refractivity contribution is 0.0995. The Labute approximate surface area is 148 Å². The number of carbonyl (C=O) groups excluding carboxylic acids is 1. The van der Waals surface area contributed by atoms with Crippen molar-refractivity contribution in [3.8, 4) is 0 Å². The number of rotatable bonds is 6. The fourth-order valence-electron chi connectivity index (χ4n) is 3.35. The van der Waals surface area contributed by atoms with Gasteiger partial charge in [-0.05, 0) is 37.0 Å². The van der Waals surface area contributed by atoms with Crippen molar-refractivity contribution in [1.29, 1.82) is 0 Å². The van der Waals surface area contributed by atoms with Crippen LogP contribution in [0.3, 0.4) is 0 Å². The molecule has 0 fully saturated rings. The summed E-state index contributed by atoms with van der Waals surface area (Å²) in [6.07, 6.45) is 2.80. The van der Waals surface area contributed by atoms with E-state index >= 15 is 0 Å². The molecule has 2 heterocycles. The van der Waals surface area contributed by atoms with Crippen LogP contribution in [0.2, 0.25) is 0 Å². The molecule has 6 nitrogen and oxygen atoms in total. The van der Waals surface area contributed by atoms with E-state index in [1.54, 1.807) is 18.0 Å². The van der Waals surface area contributed by atoms with Gasteiger partial charge in [0, 0.05) is 32.4 Å². The van der Waals surface area contributed by atoms with Gasteiger partial charge in [0.05, 0.1) is 18.7 Å². The van der Waals surface area contributed by atoms with Crippen LogP contribution in [-0.4, -0.2) is 40.3 Å². The molecule has 1 amide bonds. The van der Waals surface area contributed by atoms with Gasteiger partial charge in [0.25, 0.3) is 5.91 Å². The maximum Gasteiger partial charge on any atom is 0.252 e. The Morgan fingerprint density at radius 2 is 2.16 bits per heavy atom. The Morgan fingerprint density at radius 1 is 1.36 bits per heavy atom. The van der Waals surface area contributed by atoms with Crippen LogP contribution in [0.15, 0.2) is 24.4 Å². The van der Waals surface area contributed by atoms with Crippen LogP contribution < -0.4 is 5.73 Å². The number of hydrogen-bond donors (Lipinski definition) is 1. The van der Waals surface area contributed by atoms with Gasteiger partial charge >= 0.3 is 0 Å². The van der Waals surface area contributed by atoms with E-state index in [1.165, 1.54) is 16.7 Å². The zero-order valence-corrected chi connectivity index (χ0v) is 15.2. The molecule has 0 spiro atoms. The highest BCUT2D eigenvalue weighted by Gasteiger charge is 2.19. The summed E-state index contributed by atoms with van der Waals surface area (Å²) in [5.41, 5.74) is 10.4. The predicted molar refractivity (Wildman–Crippen MR) is 96.3 cm³/mol. The summed E-state index contributed by atoms with van der Waals surface area (Å²) < 4.78 is 6.86. The van der Waals surface area contributed by atoms with Crippen molar-refractivity contribution < 1.29 is 9.53 Å². The number of nitrogens with two attached hydrogens (primary N) is 1. The van der Waals surface area contributed by atoms with Crippen molar-refractivity contribution in [2.75, 3.05) is 13.7 Å². The van der Waals surface area contributed by atoms with Crippen molar-refractivity contribution in [2.24, 2.45) is 5.73 Å². The Bertz CT molecular complexity index is 767. The highest BCUT2D eigenvalue weighted by molar-refractivity contribution is 5.93. The minimum Gasteiger partial charge on any atom is -0.378 e. The van der Waals surface area contributed by atoms with E-state index in [0.29, 0.717) is 23.8 Å². The Kier molecular flexibility index (Phi) is 5.20. The van der Waals surface area contributed by atoms with Crippen molar-refractivity contribution in [2.45, 2.75) is 46.0 Å². The minimum atomic E-state index is -0.476. The van der Waals surface area contributed by atoms with Gasteiger partial charge in [0.2, 0.25) is 0 Å². The summed E-state index contributed by atoms with van der Waals surface area (Å²) in [6, 6.07) is 7.17. The molecular formula is C19H26N4O2. The molecular weight excluding hydrogens is 316 g/mol. The zero-order valence-electron chi connectivity index (χ0n) is 15.2. The molecule has 0 saturated carbocycles. The quantitative estimate of drug-likeness (QED) is 0.871. The zero-order chi connectivity index (χ0) is 18.0. The first-order chi connectivity index (χ1) is 12.0. The smallest absolute Gasteiger partial charge is 0.252 e. The van der Waals surface area contributed by atoms with Crippen LogP contribution in [0.25, 0.3) is 0 Å². The number of carbonyl (C=O) groups is 1. The highest BCUT2D eigenvalue weighted by Crippen LogP contribution is 2.22. The lowest BCUT2D eigenvalue weighted by Crippen LogP contribution is -2.35. The molecule has 0 aliphatic carbocycles. The molecule has 3 rings (SSSR count). The SMILES string of the molecule is COCc1nn(Cc2ccc3c(c2)CN(C(C)C)CC3)cc1C(N)=O. The van der Waals surface area contributed by atoms with Crippen molar-refractivity contribution >= 4 is 5.91 Å². The average molecular weight is 342 g/mol. The Morgan fingerprint density at radius 3 is 2.84 bits per heavy atom. The van der Waals surface area contributed by atoms with Crippen LogP contribution in [-0.2, 0) is 30.9 Å². The molecule has 0 radical (unpaired) electrons. The van der Waals surface area contributed by atoms with Crippen molar-refractivity contribution in [3.05, 3.63) is 52.3 Å². The van der Waals surface area contributed by atoms with E-state index in [9.17, 15) is 4.79 Å². The Balaban J connectivity index is 1.81. The van der Waals surface area contributed by atoms with E-state index in [-0.39, 0.29) is 6.61 Å². The first-order valence-corrected chi connectivity index (χ1v) is 8.67. The Hall–Kier alpha value is -2.18. The van der Waals surface area contributed by atoms with Crippen LogP contribution in [0.4, 0.5) is 0 Å². The molecule has 1 aromatic heterocycles. The number of ether oxygens (including phenoxy) is 1. The van der Waals surface area contributed by atoms with E-state index in [1.807, 2.05) is 0 Å². The number of primary amides is 1. The van der Waals surface area contributed by atoms with Crippen LogP contribution in [0.5, 0.6) is 0 Å². The molecule has 0 bridgehead atoms. The summed E-state index contributed by atoms with van der Waals surface area (Å²) in [7, 11) is 1.58. The highest BCUT2D eigenvalue weighted by atomic mass is 16.5. The summed E-state index contributed by atoms with van der Waals surface area (Å²) in [4.78, 5) is 14.0. The molecule has 0 unspecified atom stereocenters. The molecule has 0 saturated heterocycles. The van der Waals surface area contributed by atoms with Gasteiger partial charge in [-0.3, -0.25) is 14.4 Å². The second-order valence-electron chi connectivity index (χ2n) is 6.90. The standard InChI is InChI=1S/C19H26N4O2/c1-13(2)22-7-6-15-5-4-14(8-16(15)10-22)9-23-11-17(19(20)24)18(21-23)12-25-3/h4-5,8,11,13H,6-7,9-10,12H2,1-3H3,(H2,20,24). The molecule has 134 valence electrons. The monoisotopic (exact) mass is 342 g/mol. The normalized spacial score (nSPS) is 14.7. The van der Waals surface area contributed by atoms with Gasteiger partial charge < -0.3 is 10.5 Å². The predicted octanol–water partition coefficient (Wildman–Crippen LogP) is 1.94. The van der Waals surface area contributed by atoms with E-state index in [0.717, 1.165) is 19.5 Å². The summed E-state index contributed by atoms with van der Waals surface area (Å²) in [5.74, 6) is -0.476. The molecule has 1 aromatic carbocycles. The van der Waals surface area contributed by atoms with Crippen molar-refractivity contribution in [3.63, 3.8) is 0 Å². The topological polar surface area (TPSA) is 73.4 Å². The fourth-order valence-corrected chi connectivity index (χ4v) is 3.35. The van der Waals surface area contributed by atoms with E-state index < -0.39 is 5.91 Å². The molecule has 2 aromatic rings. The molecule has 6 heteroatoms. The third-order valence-corrected chi connectivity index (χ3v) is 4.77. The summed E-state index contributed by atoms with van der Waals surface area (Å²) >= 11 is 0. The summed E-state index contributed by atoms with van der Waals surface area (Å²) in [5, 5.41) is 4.45. The van der Waals surface area contributed by atoms with Gasteiger partial charge in [-0.2, -0.15) is 5.10 Å². The minimum absolute atomic E-state index is 0.277. The second-order valence-corrected chi connectivity index (χ2v) is 6.90. The largest absolute Gasteiger partial charge is 0.378 e. The number of benzene rings is 1. The van der Waals surface area contributed by atoms with Gasteiger partial charge in [-0.25, -0.2) is 0 Å². The van der Waals surface area contributed by atoms with Gasteiger partial charge in [-0.1, -0.05) is 18.2 Å². The van der Waals surface area contributed by atoms with Gasteiger partial charge in [0.1, 0.15) is 5.69 Å². The fraction of sp³-hybridized carbons (Fsp3) is 0.474. The third-order valence-electron chi connectivity index (χ3n) is 4.77. The van der Waals surface area contributed by atoms with Crippen LogP contribution in [0.1, 0.15) is 46.6 Å². The number of nitrogens with zero attached hydrogens (tertiary/aromatic N) is 3. The number of fused-ring (bicyclic) bond motifs is 1. The van der Waals surface area contributed by atoms with Crippen molar-refractivity contribution in [1.82, 2.24) is 14.7 Å². The number of methoxy groups -OCH3 is 1. The second kappa shape index (κ2) is 7.37.